The fourth-order valence-corrected chi connectivity index (χ4v) is 5.31. The van der Waals surface area contributed by atoms with Crippen LogP contribution in [0.3, 0.4) is 0 Å². The van der Waals surface area contributed by atoms with Crippen molar-refractivity contribution in [2.75, 3.05) is 26.2 Å². The standard InChI is InChI=1S/C13H21N3O2S3/c1-10-4-5-11(20-10)21(17,18)16-8-6-15(7-9-16)13(2,3)12(14)19/h4-5H,6-9H2,1-3H3,(H2,14,19). The monoisotopic (exact) mass is 347 g/mol. The van der Waals surface area contributed by atoms with Crippen molar-refractivity contribution in [1.82, 2.24) is 9.21 Å². The summed E-state index contributed by atoms with van der Waals surface area (Å²) in [7, 11) is -3.37. The maximum absolute atomic E-state index is 12.6. The molecule has 0 aromatic carbocycles. The van der Waals surface area contributed by atoms with Crippen LogP contribution in [0.2, 0.25) is 0 Å². The van der Waals surface area contributed by atoms with Crippen molar-refractivity contribution in [3.63, 3.8) is 0 Å². The molecule has 2 rings (SSSR count). The number of hydrogen-bond donors (Lipinski definition) is 1. The number of thiophene rings is 1. The summed E-state index contributed by atoms with van der Waals surface area (Å²) in [5.41, 5.74) is 5.39. The van der Waals surface area contributed by atoms with E-state index in [9.17, 15) is 8.42 Å². The Kier molecular flexibility index (Phi) is 4.75. The van der Waals surface area contributed by atoms with E-state index in [1.165, 1.54) is 11.3 Å². The number of nitrogens with zero attached hydrogens (tertiary/aromatic N) is 2. The van der Waals surface area contributed by atoms with E-state index in [0.29, 0.717) is 35.4 Å². The van der Waals surface area contributed by atoms with Gasteiger partial charge in [0.2, 0.25) is 0 Å². The second-order valence-corrected chi connectivity index (χ2v) is 9.57. The average Bonchev–Trinajstić information content (AvgIpc) is 2.86. The number of aryl methyl sites for hydroxylation is 1. The molecule has 0 atom stereocenters. The molecule has 1 aliphatic rings. The number of nitrogens with two attached hydrogens (primary N) is 1. The molecule has 0 radical (unpaired) electrons. The van der Waals surface area contributed by atoms with Crippen molar-refractivity contribution in [2.45, 2.75) is 30.5 Å². The van der Waals surface area contributed by atoms with Gasteiger partial charge in [-0.2, -0.15) is 4.31 Å². The molecule has 1 fully saturated rings. The number of rotatable bonds is 4. The lowest BCUT2D eigenvalue weighted by molar-refractivity contribution is 0.123. The first-order valence-electron chi connectivity index (χ1n) is 6.77. The molecule has 0 bridgehead atoms. The zero-order valence-electron chi connectivity index (χ0n) is 12.5. The predicted octanol–water partition coefficient (Wildman–Crippen LogP) is 1.43. The Morgan fingerprint density at radius 1 is 1.29 bits per heavy atom. The summed E-state index contributed by atoms with van der Waals surface area (Å²) in [5.74, 6) is 0. The quantitative estimate of drug-likeness (QED) is 0.835. The molecule has 8 heteroatoms. The number of piperazine rings is 1. The molecular weight excluding hydrogens is 326 g/mol. The van der Waals surface area contributed by atoms with Crippen molar-refractivity contribution in [1.29, 1.82) is 0 Å². The molecule has 5 nitrogen and oxygen atoms in total. The van der Waals surface area contributed by atoms with Crippen LogP contribution in [0.1, 0.15) is 18.7 Å². The van der Waals surface area contributed by atoms with E-state index in [1.807, 2.05) is 26.8 Å². The molecule has 1 aliphatic heterocycles. The highest BCUT2D eigenvalue weighted by atomic mass is 32.2. The lowest BCUT2D eigenvalue weighted by Gasteiger charge is -2.42. The molecule has 0 unspecified atom stereocenters. The van der Waals surface area contributed by atoms with E-state index in [-0.39, 0.29) is 5.54 Å². The highest BCUT2D eigenvalue weighted by Gasteiger charge is 2.36. The summed E-state index contributed by atoms with van der Waals surface area (Å²) in [4.78, 5) is 3.58. The van der Waals surface area contributed by atoms with Crippen LogP contribution >= 0.6 is 23.6 Å². The summed E-state index contributed by atoms with van der Waals surface area (Å²) in [6, 6.07) is 3.52. The summed E-state index contributed by atoms with van der Waals surface area (Å²) in [5, 5.41) is 0. The van der Waals surface area contributed by atoms with Gasteiger partial charge in [0.05, 0.1) is 10.5 Å². The van der Waals surface area contributed by atoms with Gasteiger partial charge in [-0.1, -0.05) is 12.2 Å². The second kappa shape index (κ2) is 5.92. The number of sulfonamides is 1. The highest BCUT2D eigenvalue weighted by molar-refractivity contribution is 7.91. The van der Waals surface area contributed by atoms with Crippen LogP contribution in [-0.2, 0) is 10.0 Å². The molecule has 2 heterocycles. The van der Waals surface area contributed by atoms with E-state index in [0.717, 1.165) is 4.88 Å². The lowest BCUT2D eigenvalue weighted by Crippen LogP contribution is -2.59. The lowest BCUT2D eigenvalue weighted by atomic mass is 10.0. The topological polar surface area (TPSA) is 66.6 Å². The van der Waals surface area contributed by atoms with Crippen LogP contribution in [0.15, 0.2) is 16.3 Å². The maximum Gasteiger partial charge on any atom is 0.252 e. The molecule has 118 valence electrons. The van der Waals surface area contributed by atoms with E-state index < -0.39 is 10.0 Å². The van der Waals surface area contributed by atoms with Gasteiger partial charge in [0.1, 0.15) is 4.21 Å². The molecule has 21 heavy (non-hydrogen) atoms. The van der Waals surface area contributed by atoms with Crippen molar-refractivity contribution in [2.24, 2.45) is 5.73 Å². The highest BCUT2D eigenvalue weighted by Crippen LogP contribution is 2.26. The van der Waals surface area contributed by atoms with Gasteiger partial charge in [0.25, 0.3) is 10.0 Å². The van der Waals surface area contributed by atoms with Gasteiger partial charge in [-0.05, 0) is 32.9 Å². The fraction of sp³-hybridized carbons (Fsp3) is 0.615. The molecule has 1 aromatic heterocycles. The van der Waals surface area contributed by atoms with E-state index in [4.69, 9.17) is 18.0 Å². The first kappa shape index (κ1) is 16.8. The number of hydrogen-bond acceptors (Lipinski definition) is 5. The molecule has 1 aromatic rings. The SMILES string of the molecule is Cc1ccc(S(=O)(=O)N2CCN(C(C)(C)C(N)=S)CC2)s1. The van der Waals surface area contributed by atoms with Gasteiger partial charge in [-0.25, -0.2) is 8.42 Å². The first-order valence-corrected chi connectivity index (χ1v) is 9.44. The molecule has 0 saturated carbocycles. The Bertz CT molecular complexity index is 629. The number of thiocarbonyl (C=S) groups is 1. The van der Waals surface area contributed by atoms with Crippen LogP contribution in [0.25, 0.3) is 0 Å². The summed E-state index contributed by atoms with van der Waals surface area (Å²) in [6.07, 6.45) is 0. The molecule has 0 amide bonds. The Morgan fingerprint density at radius 2 is 1.86 bits per heavy atom. The molecule has 0 spiro atoms. The van der Waals surface area contributed by atoms with E-state index in [1.54, 1.807) is 10.4 Å². The zero-order chi connectivity index (χ0) is 15.8. The smallest absolute Gasteiger partial charge is 0.252 e. The normalized spacial score (nSPS) is 18.8. The third kappa shape index (κ3) is 3.29. The van der Waals surface area contributed by atoms with Crippen molar-refractivity contribution in [3.05, 3.63) is 17.0 Å². The Balaban J connectivity index is 2.09. The summed E-state index contributed by atoms with van der Waals surface area (Å²) in [6.45, 7) is 8.05. The second-order valence-electron chi connectivity index (χ2n) is 5.68. The molecule has 1 saturated heterocycles. The third-order valence-electron chi connectivity index (χ3n) is 3.94. The van der Waals surface area contributed by atoms with Crippen LogP contribution in [0.4, 0.5) is 0 Å². The van der Waals surface area contributed by atoms with Gasteiger partial charge in [0.15, 0.2) is 0 Å². The minimum absolute atomic E-state index is 0.384. The minimum atomic E-state index is -3.37. The van der Waals surface area contributed by atoms with Gasteiger partial charge in [0, 0.05) is 31.1 Å². The molecule has 2 N–H and O–H groups in total. The third-order valence-corrected chi connectivity index (χ3v) is 7.81. The Morgan fingerprint density at radius 3 is 2.29 bits per heavy atom. The zero-order valence-corrected chi connectivity index (χ0v) is 14.9. The minimum Gasteiger partial charge on any atom is -0.392 e. The largest absolute Gasteiger partial charge is 0.392 e. The van der Waals surface area contributed by atoms with E-state index >= 15 is 0 Å². The Labute approximate surface area is 135 Å². The summed E-state index contributed by atoms with van der Waals surface area (Å²) < 4.78 is 27.1. The fourth-order valence-electron chi connectivity index (χ4n) is 2.32. The van der Waals surface area contributed by atoms with Crippen LogP contribution < -0.4 is 5.73 Å². The molecule has 0 aliphatic carbocycles. The van der Waals surface area contributed by atoms with Gasteiger partial charge in [-0.15, -0.1) is 11.3 Å². The average molecular weight is 348 g/mol. The Hall–Kier alpha value is -0.540. The van der Waals surface area contributed by atoms with Gasteiger partial charge in [-0.3, -0.25) is 4.90 Å². The van der Waals surface area contributed by atoms with Crippen molar-refractivity contribution >= 4 is 38.6 Å². The van der Waals surface area contributed by atoms with Crippen LogP contribution in [0.5, 0.6) is 0 Å². The van der Waals surface area contributed by atoms with Gasteiger partial charge < -0.3 is 5.73 Å². The van der Waals surface area contributed by atoms with Gasteiger partial charge >= 0.3 is 0 Å². The predicted molar refractivity (Wildman–Crippen MR) is 90.3 cm³/mol. The van der Waals surface area contributed by atoms with Crippen molar-refractivity contribution < 1.29 is 8.42 Å². The summed E-state index contributed by atoms with van der Waals surface area (Å²) >= 11 is 6.42. The maximum atomic E-state index is 12.6. The van der Waals surface area contributed by atoms with Crippen molar-refractivity contribution in [3.8, 4) is 0 Å². The van der Waals surface area contributed by atoms with Crippen LogP contribution in [0, 0.1) is 6.92 Å². The van der Waals surface area contributed by atoms with E-state index in [2.05, 4.69) is 4.90 Å². The van der Waals surface area contributed by atoms with Crippen LogP contribution in [-0.4, -0.2) is 54.3 Å². The first-order chi connectivity index (χ1) is 9.65. The molecular formula is C13H21N3O2S3.